The van der Waals surface area contributed by atoms with Gasteiger partial charge in [0.1, 0.15) is 0 Å². The van der Waals surface area contributed by atoms with E-state index < -0.39 is 0 Å². The Morgan fingerprint density at radius 1 is 1.42 bits per heavy atom. The van der Waals surface area contributed by atoms with Crippen molar-refractivity contribution >= 4 is 0 Å². The molecule has 0 bridgehead atoms. The summed E-state index contributed by atoms with van der Waals surface area (Å²) in [4.78, 5) is 0. The molecule has 12 heavy (non-hydrogen) atoms. The molecule has 0 aromatic carbocycles. The summed E-state index contributed by atoms with van der Waals surface area (Å²) in [5.74, 6) is 2.82. The Hall–Kier alpha value is -0.260. The van der Waals surface area contributed by atoms with Crippen LogP contribution >= 0.6 is 0 Å². The molecule has 2 unspecified atom stereocenters. The van der Waals surface area contributed by atoms with Gasteiger partial charge in [0.25, 0.3) is 0 Å². The molecule has 0 radical (unpaired) electrons. The van der Waals surface area contributed by atoms with E-state index in [1.807, 2.05) is 0 Å². The maximum absolute atomic E-state index is 3.82. The van der Waals surface area contributed by atoms with Crippen molar-refractivity contribution in [3.05, 3.63) is 12.7 Å². The zero-order valence-electron chi connectivity index (χ0n) is 8.55. The molecule has 0 nitrogen and oxygen atoms in total. The van der Waals surface area contributed by atoms with Crippen LogP contribution in [0.5, 0.6) is 0 Å². The van der Waals surface area contributed by atoms with Crippen LogP contribution in [0, 0.1) is 17.8 Å². The fourth-order valence-corrected chi connectivity index (χ4v) is 2.39. The van der Waals surface area contributed by atoms with E-state index in [0.29, 0.717) is 0 Å². The Morgan fingerprint density at radius 2 is 2.17 bits per heavy atom. The minimum atomic E-state index is 0.887. The van der Waals surface area contributed by atoms with Gasteiger partial charge in [-0.15, -0.1) is 6.58 Å². The quantitative estimate of drug-likeness (QED) is 0.555. The molecule has 1 rings (SSSR count). The summed E-state index contributed by atoms with van der Waals surface area (Å²) in [6.07, 6.45) is 9.13. The van der Waals surface area contributed by atoms with Crippen molar-refractivity contribution in [2.24, 2.45) is 17.8 Å². The van der Waals surface area contributed by atoms with Crippen LogP contribution in [0.3, 0.4) is 0 Å². The fourth-order valence-electron chi connectivity index (χ4n) is 2.39. The van der Waals surface area contributed by atoms with Crippen LogP contribution in [0.1, 0.15) is 46.0 Å². The second kappa shape index (κ2) is 4.69. The largest absolute Gasteiger partial charge is 0.103 e. The third-order valence-corrected chi connectivity index (χ3v) is 3.27. The van der Waals surface area contributed by atoms with Gasteiger partial charge in [-0.1, -0.05) is 39.2 Å². The monoisotopic (exact) mass is 166 g/mol. The van der Waals surface area contributed by atoms with Gasteiger partial charge in [0.05, 0.1) is 0 Å². The molecule has 0 N–H and O–H groups in total. The number of allylic oxidation sites excluding steroid dienone is 1. The first-order valence-corrected chi connectivity index (χ1v) is 5.35. The second-order valence-corrected chi connectivity index (χ2v) is 4.56. The molecule has 0 aromatic heterocycles. The van der Waals surface area contributed by atoms with Crippen LogP contribution < -0.4 is 0 Å². The Kier molecular flexibility index (Phi) is 3.84. The van der Waals surface area contributed by atoms with E-state index in [1.54, 1.807) is 0 Å². The first-order valence-electron chi connectivity index (χ1n) is 5.35. The van der Waals surface area contributed by atoms with E-state index in [1.165, 1.54) is 32.1 Å². The molecule has 1 aliphatic rings. The topological polar surface area (TPSA) is 0 Å². The average Bonchev–Trinajstić information content (AvgIpc) is 2.05. The summed E-state index contributed by atoms with van der Waals surface area (Å²) in [6.45, 7) is 8.55. The van der Waals surface area contributed by atoms with E-state index in [2.05, 4.69) is 26.5 Å². The first kappa shape index (κ1) is 9.83. The minimum absolute atomic E-state index is 0.887. The maximum Gasteiger partial charge on any atom is -0.0325 e. The lowest BCUT2D eigenvalue weighted by atomic mass is 9.75. The number of hydrogen-bond acceptors (Lipinski definition) is 0. The van der Waals surface area contributed by atoms with Crippen LogP contribution in [0.2, 0.25) is 0 Å². The van der Waals surface area contributed by atoms with Gasteiger partial charge in [-0.3, -0.25) is 0 Å². The molecule has 0 aliphatic heterocycles. The van der Waals surface area contributed by atoms with Crippen LogP contribution in [-0.2, 0) is 0 Å². The molecule has 0 amide bonds. The van der Waals surface area contributed by atoms with Gasteiger partial charge in [-0.2, -0.15) is 0 Å². The summed E-state index contributed by atoms with van der Waals surface area (Å²) in [5, 5.41) is 0. The zero-order valence-corrected chi connectivity index (χ0v) is 8.55. The minimum Gasteiger partial charge on any atom is -0.103 e. The lowest BCUT2D eigenvalue weighted by Crippen LogP contribution is -2.19. The highest BCUT2D eigenvalue weighted by Crippen LogP contribution is 2.35. The van der Waals surface area contributed by atoms with Crippen molar-refractivity contribution in [2.45, 2.75) is 46.0 Å². The zero-order chi connectivity index (χ0) is 8.97. The van der Waals surface area contributed by atoms with Crippen molar-refractivity contribution in [1.82, 2.24) is 0 Å². The van der Waals surface area contributed by atoms with Crippen LogP contribution in [0.4, 0.5) is 0 Å². The van der Waals surface area contributed by atoms with Gasteiger partial charge in [0.2, 0.25) is 0 Å². The van der Waals surface area contributed by atoms with Gasteiger partial charge in [0, 0.05) is 0 Å². The van der Waals surface area contributed by atoms with Crippen molar-refractivity contribution in [1.29, 1.82) is 0 Å². The van der Waals surface area contributed by atoms with Crippen LogP contribution in [-0.4, -0.2) is 0 Å². The molecule has 1 fully saturated rings. The molecule has 2 atom stereocenters. The highest BCUT2D eigenvalue weighted by molar-refractivity contribution is 4.80. The summed E-state index contributed by atoms with van der Waals surface area (Å²) >= 11 is 0. The van der Waals surface area contributed by atoms with Crippen LogP contribution in [0.25, 0.3) is 0 Å². The molecule has 1 aliphatic carbocycles. The SMILES string of the molecule is C=CCC1CCCC(C(C)C)C1. The second-order valence-electron chi connectivity index (χ2n) is 4.56. The van der Waals surface area contributed by atoms with Gasteiger partial charge < -0.3 is 0 Å². The van der Waals surface area contributed by atoms with Crippen molar-refractivity contribution in [3.63, 3.8) is 0 Å². The molecule has 0 spiro atoms. The third kappa shape index (κ3) is 2.66. The lowest BCUT2D eigenvalue weighted by Gasteiger charge is -2.31. The number of rotatable bonds is 3. The Morgan fingerprint density at radius 3 is 2.75 bits per heavy atom. The summed E-state index contributed by atoms with van der Waals surface area (Å²) < 4.78 is 0. The molecule has 0 heterocycles. The van der Waals surface area contributed by atoms with E-state index in [9.17, 15) is 0 Å². The Balaban J connectivity index is 2.34. The van der Waals surface area contributed by atoms with E-state index >= 15 is 0 Å². The van der Waals surface area contributed by atoms with Crippen molar-refractivity contribution in [2.75, 3.05) is 0 Å². The van der Waals surface area contributed by atoms with E-state index in [0.717, 1.165) is 17.8 Å². The summed E-state index contributed by atoms with van der Waals surface area (Å²) in [7, 11) is 0. The van der Waals surface area contributed by atoms with Crippen molar-refractivity contribution in [3.8, 4) is 0 Å². The molecule has 1 saturated carbocycles. The van der Waals surface area contributed by atoms with E-state index in [-0.39, 0.29) is 0 Å². The standard InChI is InChI=1S/C12H22/c1-4-6-11-7-5-8-12(9-11)10(2)3/h4,10-12H,1,5-9H2,2-3H3. The van der Waals surface area contributed by atoms with E-state index in [4.69, 9.17) is 0 Å². The Labute approximate surface area is 77.1 Å². The smallest absolute Gasteiger partial charge is 0.0325 e. The van der Waals surface area contributed by atoms with Crippen molar-refractivity contribution < 1.29 is 0 Å². The van der Waals surface area contributed by atoms with Gasteiger partial charge in [0.15, 0.2) is 0 Å². The summed E-state index contributed by atoms with van der Waals surface area (Å²) in [5.41, 5.74) is 0. The third-order valence-electron chi connectivity index (χ3n) is 3.27. The molecule has 70 valence electrons. The predicted molar refractivity (Wildman–Crippen MR) is 55.1 cm³/mol. The number of hydrogen-bond donors (Lipinski definition) is 0. The highest BCUT2D eigenvalue weighted by Gasteiger charge is 2.22. The van der Waals surface area contributed by atoms with Crippen LogP contribution in [0.15, 0.2) is 12.7 Å². The molecule has 0 heteroatoms. The van der Waals surface area contributed by atoms with Gasteiger partial charge in [-0.05, 0) is 30.6 Å². The molecule has 0 aromatic rings. The maximum atomic E-state index is 3.82. The summed E-state index contributed by atoms with van der Waals surface area (Å²) in [6, 6.07) is 0. The van der Waals surface area contributed by atoms with Gasteiger partial charge >= 0.3 is 0 Å². The molecular weight excluding hydrogens is 144 g/mol. The molecule has 0 saturated heterocycles. The average molecular weight is 166 g/mol. The van der Waals surface area contributed by atoms with Gasteiger partial charge in [-0.25, -0.2) is 0 Å². The Bertz CT molecular complexity index is 135. The highest BCUT2D eigenvalue weighted by atomic mass is 14.3. The fraction of sp³-hybridized carbons (Fsp3) is 0.833. The predicted octanol–water partition coefficient (Wildman–Crippen LogP) is 4.02. The molecular formula is C12H22. The first-order chi connectivity index (χ1) is 5.74. The normalized spacial score (nSPS) is 30.6. The lowest BCUT2D eigenvalue weighted by molar-refractivity contribution is 0.216.